The lowest BCUT2D eigenvalue weighted by molar-refractivity contribution is 0.172. The van der Waals surface area contributed by atoms with Crippen molar-refractivity contribution in [3.05, 3.63) is 77.7 Å². The third kappa shape index (κ3) is 7.81. The molecule has 2 N–H and O–H groups in total. The Morgan fingerprint density at radius 3 is 2.46 bits per heavy atom. The van der Waals surface area contributed by atoms with Crippen LogP contribution in [0.3, 0.4) is 0 Å². The van der Waals surface area contributed by atoms with Crippen molar-refractivity contribution < 1.29 is 17.3 Å². The van der Waals surface area contributed by atoms with Crippen molar-refractivity contribution in [1.82, 2.24) is 39.5 Å². The van der Waals surface area contributed by atoms with Gasteiger partial charge in [-0.2, -0.15) is 23.3 Å². The summed E-state index contributed by atoms with van der Waals surface area (Å²) in [7, 11) is -3.52. The lowest BCUT2D eigenvalue weighted by Crippen LogP contribution is -2.44. The molecular formula is C37H50N10O4S. The van der Waals surface area contributed by atoms with Crippen LogP contribution in [0.5, 0.6) is 5.75 Å². The first-order chi connectivity index (χ1) is 24.8. The van der Waals surface area contributed by atoms with Crippen LogP contribution in [-0.4, -0.2) is 74.2 Å². The lowest BCUT2D eigenvalue weighted by Gasteiger charge is -2.39. The number of ether oxygens (including phenoxy) is 1. The SMILES string of the molecule is CC1CCCC(C)N1c1nnc2ccc(OC3CCC(NCNc4cc(C(C)(C)C)nn4-c4ccn(CCOS(C)(=O)=O)n4)c4ccccc43)cn12. The first kappa shape index (κ1) is 35.9. The predicted molar refractivity (Wildman–Crippen MR) is 200 cm³/mol. The molecule has 0 spiro atoms. The summed E-state index contributed by atoms with van der Waals surface area (Å²) in [5.74, 6) is 3.10. The molecule has 1 aromatic carbocycles. The van der Waals surface area contributed by atoms with E-state index in [1.54, 1.807) is 15.6 Å². The monoisotopic (exact) mass is 730 g/mol. The van der Waals surface area contributed by atoms with Crippen LogP contribution in [0.1, 0.15) is 95.7 Å². The average molecular weight is 731 g/mol. The van der Waals surface area contributed by atoms with Crippen LogP contribution in [0.4, 0.5) is 11.8 Å². The Labute approximate surface area is 305 Å². The van der Waals surface area contributed by atoms with Gasteiger partial charge in [0, 0.05) is 41.9 Å². The second-order valence-electron chi connectivity index (χ2n) is 15.1. The van der Waals surface area contributed by atoms with Crippen LogP contribution in [0.15, 0.2) is 60.9 Å². The third-order valence-electron chi connectivity index (χ3n) is 10.1. The van der Waals surface area contributed by atoms with Crippen LogP contribution in [0.25, 0.3) is 11.5 Å². The normalized spacial score (nSPS) is 21.0. The minimum absolute atomic E-state index is 0.00572. The Morgan fingerprint density at radius 1 is 0.942 bits per heavy atom. The molecule has 4 atom stereocenters. The molecule has 4 aromatic heterocycles. The van der Waals surface area contributed by atoms with Gasteiger partial charge >= 0.3 is 0 Å². The lowest BCUT2D eigenvalue weighted by atomic mass is 9.85. The molecule has 5 heterocycles. The Bertz CT molecular complexity index is 2110. The van der Waals surface area contributed by atoms with Gasteiger partial charge in [-0.1, -0.05) is 45.0 Å². The summed E-state index contributed by atoms with van der Waals surface area (Å²) in [6.07, 6.45) is 10.1. The summed E-state index contributed by atoms with van der Waals surface area (Å²) in [4.78, 5) is 2.40. The fourth-order valence-electron chi connectivity index (χ4n) is 7.35. The zero-order chi connectivity index (χ0) is 36.6. The number of fused-ring (bicyclic) bond motifs is 2. The predicted octanol–water partition coefficient (Wildman–Crippen LogP) is 5.77. The van der Waals surface area contributed by atoms with Gasteiger partial charge in [-0.05, 0) is 69.2 Å². The summed E-state index contributed by atoms with van der Waals surface area (Å²) in [6.45, 7) is 11.7. The average Bonchev–Trinajstić information content (AvgIpc) is 3.84. The maximum absolute atomic E-state index is 11.4. The minimum Gasteiger partial charge on any atom is -0.484 e. The molecule has 7 rings (SSSR count). The zero-order valence-electron chi connectivity index (χ0n) is 30.9. The largest absolute Gasteiger partial charge is 0.484 e. The fourth-order valence-corrected chi connectivity index (χ4v) is 7.73. The summed E-state index contributed by atoms with van der Waals surface area (Å²) >= 11 is 0. The molecule has 5 aromatic rings. The van der Waals surface area contributed by atoms with E-state index < -0.39 is 10.1 Å². The summed E-state index contributed by atoms with van der Waals surface area (Å²) in [5, 5.41) is 25.9. The Morgan fingerprint density at radius 2 is 1.71 bits per heavy atom. The van der Waals surface area contributed by atoms with Gasteiger partial charge in [0.2, 0.25) is 5.95 Å². The van der Waals surface area contributed by atoms with Crippen LogP contribution in [0, 0.1) is 0 Å². The van der Waals surface area contributed by atoms with E-state index in [1.807, 2.05) is 24.4 Å². The van der Waals surface area contributed by atoms with E-state index in [1.165, 1.54) is 17.5 Å². The maximum Gasteiger partial charge on any atom is 0.264 e. The second-order valence-corrected chi connectivity index (χ2v) is 16.7. The van der Waals surface area contributed by atoms with Crippen molar-refractivity contribution in [3.8, 4) is 11.6 Å². The van der Waals surface area contributed by atoms with E-state index in [2.05, 4.69) is 100 Å². The van der Waals surface area contributed by atoms with Crippen molar-refractivity contribution in [1.29, 1.82) is 0 Å². The smallest absolute Gasteiger partial charge is 0.264 e. The molecule has 0 amide bonds. The highest BCUT2D eigenvalue weighted by Gasteiger charge is 2.31. The maximum atomic E-state index is 11.4. The number of aromatic nitrogens is 7. The van der Waals surface area contributed by atoms with E-state index >= 15 is 0 Å². The number of rotatable bonds is 12. The first-order valence-corrected chi connectivity index (χ1v) is 20.0. The molecule has 4 unspecified atom stereocenters. The molecule has 2 aliphatic rings. The van der Waals surface area contributed by atoms with Crippen LogP contribution in [0.2, 0.25) is 0 Å². The standard InChI is InChI=1S/C37H50N10O4S/c1-25-10-9-11-26(2)46(25)36-41-40-33-17-14-27(23-45(33)36)51-31-16-15-30(28-12-7-8-13-29(28)31)38-24-39-35-22-32(37(3,4)5)42-47(35)34-18-19-44(43-34)20-21-50-52(6,48)49/h7-8,12-14,17-19,22-23,25-26,30-31,38-39H,9-11,15-16,20-21,24H2,1-6H3. The number of piperidine rings is 1. The fraction of sp³-hybridized carbons (Fsp3) is 0.514. The van der Waals surface area contributed by atoms with Crippen LogP contribution in [-0.2, 0) is 26.3 Å². The highest BCUT2D eigenvalue weighted by atomic mass is 32.2. The van der Waals surface area contributed by atoms with Crippen molar-refractivity contribution in [3.63, 3.8) is 0 Å². The van der Waals surface area contributed by atoms with Gasteiger partial charge in [-0.25, -0.2) is 0 Å². The molecule has 15 heteroatoms. The van der Waals surface area contributed by atoms with Gasteiger partial charge in [0.1, 0.15) is 17.7 Å². The van der Waals surface area contributed by atoms with Gasteiger partial charge in [-0.3, -0.25) is 18.6 Å². The number of pyridine rings is 1. The third-order valence-corrected chi connectivity index (χ3v) is 10.6. The van der Waals surface area contributed by atoms with E-state index in [-0.39, 0.29) is 24.2 Å². The summed E-state index contributed by atoms with van der Waals surface area (Å²) < 4.78 is 39.9. The molecule has 278 valence electrons. The topological polar surface area (TPSA) is 146 Å². The van der Waals surface area contributed by atoms with Gasteiger partial charge in [-0.15, -0.1) is 10.2 Å². The van der Waals surface area contributed by atoms with E-state index in [0.717, 1.165) is 60.8 Å². The Hall–Kier alpha value is -4.47. The van der Waals surface area contributed by atoms with Crippen LogP contribution < -0.4 is 20.3 Å². The Balaban J connectivity index is 1.04. The molecule has 0 saturated carbocycles. The van der Waals surface area contributed by atoms with Crippen molar-refractivity contribution >= 4 is 27.5 Å². The number of anilines is 2. The number of nitrogens with zero attached hydrogens (tertiary/aromatic N) is 8. The Kier molecular flexibility index (Phi) is 10.0. The number of hydrogen-bond donors (Lipinski definition) is 2. The van der Waals surface area contributed by atoms with Crippen LogP contribution >= 0.6 is 0 Å². The number of hydrogen-bond acceptors (Lipinski definition) is 11. The highest BCUT2D eigenvalue weighted by molar-refractivity contribution is 7.85. The minimum atomic E-state index is -3.52. The van der Waals surface area contributed by atoms with Gasteiger partial charge in [0.05, 0.1) is 38.0 Å². The zero-order valence-corrected chi connectivity index (χ0v) is 31.7. The molecular weight excluding hydrogens is 681 g/mol. The summed E-state index contributed by atoms with van der Waals surface area (Å²) in [5.41, 5.74) is 3.96. The van der Waals surface area contributed by atoms with Crippen molar-refractivity contribution in [2.24, 2.45) is 0 Å². The molecule has 1 fully saturated rings. The highest BCUT2D eigenvalue weighted by Crippen LogP contribution is 2.39. The van der Waals surface area contributed by atoms with Gasteiger partial charge < -0.3 is 15.0 Å². The van der Waals surface area contributed by atoms with E-state index in [9.17, 15) is 8.42 Å². The van der Waals surface area contributed by atoms with Gasteiger partial charge in [0.25, 0.3) is 10.1 Å². The molecule has 0 bridgehead atoms. The second kappa shape index (κ2) is 14.5. The van der Waals surface area contributed by atoms with Gasteiger partial charge in [0.15, 0.2) is 11.5 Å². The molecule has 14 nitrogen and oxygen atoms in total. The summed E-state index contributed by atoms with van der Waals surface area (Å²) in [6, 6.07) is 17.4. The molecule has 1 aliphatic carbocycles. The molecule has 0 radical (unpaired) electrons. The van der Waals surface area contributed by atoms with Crippen molar-refractivity contribution in [2.75, 3.05) is 29.7 Å². The number of nitrogens with one attached hydrogen (secondary N) is 2. The number of benzene rings is 1. The van der Waals surface area contributed by atoms with Crippen molar-refractivity contribution in [2.45, 2.75) is 103 Å². The molecule has 52 heavy (non-hydrogen) atoms. The van der Waals surface area contributed by atoms with E-state index in [4.69, 9.17) is 14.0 Å². The van der Waals surface area contributed by atoms with E-state index in [0.29, 0.717) is 31.1 Å². The molecule has 1 aliphatic heterocycles. The quantitative estimate of drug-likeness (QED) is 0.119. The first-order valence-electron chi connectivity index (χ1n) is 18.2. The molecule has 1 saturated heterocycles.